The zero-order valence-corrected chi connectivity index (χ0v) is 21.5. The number of nitrogens with two attached hydrogens (primary N) is 1. The summed E-state index contributed by atoms with van der Waals surface area (Å²) in [5, 5.41) is 10.4. The van der Waals surface area contributed by atoms with Crippen LogP contribution in [0.25, 0.3) is 21.8 Å². The molecule has 0 amide bonds. The van der Waals surface area contributed by atoms with Crippen LogP contribution in [0.5, 0.6) is 0 Å². The average molecular weight is 521 g/mol. The van der Waals surface area contributed by atoms with Gasteiger partial charge in [0, 0.05) is 64.6 Å². The molecule has 0 aliphatic heterocycles. The first-order chi connectivity index (χ1) is 15.7. The summed E-state index contributed by atoms with van der Waals surface area (Å²) in [7, 11) is 0. The molecule has 4 aromatic rings. The lowest BCUT2D eigenvalue weighted by Crippen LogP contribution is -2.37. The minimum absolute atomic E-state index is 0. The molecule has 0 radical (unpaired) electrons. The number of hydrogen-bond donors (Lipinski definition) is 4. The average Bonchev–Trinajstić information content (AvgIpc) is 3.21. The van der Waals surface area contributed by atoms with Crippen molar-refractivity contribution < 1.29 is 0 Å². The Morgan fingerprint density at radius 2 is 1.85 bits per heavy atom. The van der Waals surface area contributed by atoms with Gasteiger partial charge in [-0.15, -0.1) is 24.8 Å². The van der Waals surface area contributed by atoms with Crippen molar-refractivity contribution >= 4 is 63.9 Å². The van der Waals surface area contributed by atoms with Gasteiger partial charge in [0.15, 0.2) is 0 Å². The van der Waals surface area contributed by atoms with Crippen LogP contribution in [0.15, 0.2) is 48.7 Å². The Kier molecular flexibility index (Phi) is 9.46. The van der Waals surface area contributed by atoms with Crippen LogP contribution in [-0.4, -0.2) is 35.6 Å². The summed E-state index contributed by atoms with van der Waals surface area (Å²) in [4.78, 5) is 8.23. The molecule has 5 nitrogen and oxygen atoms in total. The number of hydrogen-bond acceptors (Lipinski definition) is 4. The number of nitrogens with zero attached hydrogens (tertiary/aromatic N) is 1. The van der Waals surface area contributed by atoms with E-state index in [4.69, 9.17) is 22.3 Å². The second kappa shape index (κ2) is 12.1. The number of para-hydroxylation sites is 1. The molecule has 182 valence electrons. The number of anilines is 1. The van der Waals surface area contributed by atoms with Crippen molar-refractivity contribution in [1.29, 1.82) is 0 Å². The summed E-state index contributed by atoms with van der Waals surface area (Å²) in [5.41, 5.74) is 13.7. The first-order valence-electron chi connectivity index (χ1n) is 11.6. The SMILES string of the molecule is Cl.Cl.NC(CNCCNc1c2c(nc3cc(Cl)ccc13)CCCC2)Cc1c[nH]c2ccccc12. The normalized spacial score (nSPS) is 13.7. The van der Waals surface area contributed by atoms with Crippen LogP contribution in [0, 0.1) is 0 Å². The van der Waals surface area contributed by atoms with Gasteiger partial charge >= 0.3 is 0 Å². The quantitative estimate of drug-likeness (QED) is 0.226. The van der Waals surface area contributed by atoms with E-state index in [0.29, 0.717) is 0 Å². The molecule has 0 saturated heterocycles. The van der Waals surface area contributed by atoms with E-state index in [1.165, 1.54) is 46.3 Å². The summed E-state index contributed by atoms with van der Waals surface area (Å²) in [6.07, 6.45) is 7.51. The van der Waals surface area contributed by atoms with E-state index in [1.54, 1.807) is 0 Å². The number of rotatable bonds is 8. The molecule has 1 aliphatic rings. The van der Waals surface area contributed by atoms with Gasteiger partial charge in [-0.2, -0.15) is 0 Å². The number of H-pyrrole nitrogens is 1. The van der Waals surface area contributed by atoms with Crippen LogP contribution in [0.2, 0.25) is 5.02 Å². The minimum atomic E-state index is 0. The molecule has 1 unspecified atom stereocenters. The van der Waals surface area contributed by atoms with Crippen molar-refractivity contribution in [1.82, 2.24) is 15.3 Å². The number of aryl methyl sites for hydroxylation is 1. The van der Waals surface area contributed by atoms with E-state index >= 15 is 0 Å². The molecular weight excluding hydrogens is 489 g/mol. The molecule has 2 aromatic carbocycles. The zero-order valence-electron chi connectivity index (χ0n) is 19.1. The lowest BCUT2D eigenvalue weighted by Gasteiger charge is -2.22. The minimum Gasteiger partial charge on any atom is -0.383 e. The Hall–Kier alpha value is -2.02. The van der Waals surface area contributed by atoms with Gasteiger partial charge in [-0.3, -0.25) is 4.98 Å². The molecule has 1 atom stereocenters. The summed E-state index contributed by atoms with van der Waals surface area (Å²) in [5.74, 6) is 0. The van der Waals surface area contributed by atoms with Crippen LogP contribution in [0.1, 0.15) is 29.7 Å². The third kappa shape index (κ3) is 5.78. The molecule has 8 heteroatoms. The maximum atomic E-state index is 6.41. The fraction of sp³-hybridized carbons (Fsp3) is 0.346. The van der Waals surface area contributed by atoms with Crippen molar-refractivity contribution in [2.45, 2.75) is 38.1 Å². The molecule has 0 fully saturated rings. The van der Waals surface area contributed by atoms with E-state index < -0.39 is 0 Å². The monoisotopic (exact) mass is 519 g/mol. The first-order valence-corrected chi connectivity index (χ1v) is 11.9. The van der Waals surface area contributed by atoms with E-state index in [9.17, 15) is 0 Å². The smallest absolute Gasteiger partial charge is 0.0741 e. The molecular formula is C26H32Cl3N5. The highest BCUT2D eigenvalue weighted by Gasteiger charge is 2.18. The van der Waals surface area contributed by atoms with Crippen molar-refractivity contribution in [3.63, 3.8) is 0 Å². The number of halogens is 3. The lowest BCUT2D eigenvalue weighted by molar-refractivity contribution is 0.583. The third-order valence-corrected chi connectivity index (χ3v) is 6.63. The molecule has 0 bridgehead atoms. The fourth-order valence-electron chi connectivity index (χ4n) is 4.82. The van der Waals surface area contributed by atoms with Gasteiger partial charge in [0.1, 0.15) is 0 Å². The number of fused-ring (bicyclic) bond motifs is 3. The van der Waals surface area contributed by atoms with Crippen LogP contribution in [0.3, 0.4) is 0 Å². The third-order valence-electron chi connectivity index (χ3n) is 6.39. The highest BCUT2D eigenvalue weighted by molar-refractivity contribution is 6.31. The van der Waals surface area contributed by atoms with Gasteiger partial charge in [-0.05, 0) is 67.5 Å². The van der Waals surface area contributed by atoms with Gasteiger partial charge < -0.3 is 21.4 Å². The Balaban J connectivity index is 0.00000162. The highest BCUT2D eigenvalue weighted by atomic mass is 35.5. The number of benzene rings is 2. The summed E-state index contributed by atoms with van der Waals surface area (Å²) in [6, 6.07) is 14.5. The van der Waals surface area contributed by atoms with Crippen LogP contribution < -0.4 is 16.4 Å². The Morgan fingerprint density at radius 1 is 1.03 bits per heavy atom. The number of nitrogens with one attached hydrogen (secondary N) is 3. The molecule has 5 N–H and O–H groups in total. The van der Waals surface area contributed by atoms with E-state index in [-0.39, 0.29) is 30.9 Å². The summed E-state index contributed by atoms with van der Waals surface area (Å²) < 4.78 is 0. The maximum absolute atomic E-state index is 6.41. The van der Waals surface area contributed by atoms with E-state index in [1.807, 2.05) is 12.1 Å². The molecule has 34 heavy (non-hydrogen) atoms. The van der Waals surface area contributed by atoms with Gasteiger partial charge in [0.05, 0.1) is 5.52 Å². The van der Waals surface area contributed by atoms with Gasteiger partial charge in [-0.1, -0.05) is 29.8 Å². The first kappa shape index (κ1) is 26.6. The fourth-order valence-corrected chi connectivity index (χ4v) is 4.99. The predicted octanol–water partition coefficient (Wildman–Crippen LogP) is 5.66. The second-order valence-electron chi connectivity index (χ2n) is 8.74. The number of aromatic nitrogens is 2. The maximum Gasteiger partial charge on any atom is 0.0741 e. The molecule has 0 saturated carbocycles. The zero-order chi connectivity index (χ0) is 21.9. The van der Waals surface area contributed by atoms with Crippen LogP contribution in [-0.2, 0) is 19.3 Å². The number of aromatic amines is 1. The van der Waals surface area contributed by atoms with Crippen molar-refractivity contribution in [2.24, 2.45) is 5.73 Å². The topological polar surface area (TPSA) is 78.8 Å². The summed E-state index contributed by atoms with van der Waals surface area (Å²) in [6.45, 7) is 2.48. The van der Waals surface area contributed by atoms with E-state index in [0.717, 1.165) is 54.8 Å². The van der Waals surface area contributed by atoms with E-state index in [2.05, 4.69) is 52.1 Å². The highest BCUT2D eigenvalue weighted by Crippen LogP contribution is 2.34. The van der Waals surface area contributed by atoms with Crippen LogP contribution in [0.4, 0.5) is 5.69 Å². The van der Waals surface area contributed by atoms with Crippen molar-refractivity contribution in [3.8, 4) is 0 Å². The Morgan fingerprint density at radius 3 is 2.74 bits per heavy atom. The lowest BCUT2D eigenvalue weighted by atomic mass is 9.92. The molecule has 2 aromatic heterocycles. The Labute approximate surface area is 218 Å². The molecule has 0 spiro atoms. The van der Waals surface area contributed by atoms with Gasteiger partial charge in [0.25, 0.3) is 0 Å². The molecule has 1 aliphatic carbocycles. The Bertz CT molecular complexity index is 1240. The van der Waals surface area contributed by atoms with Crippen molar-refractivity contribution in [3.05, 3.63) is 70.5 Å². The standard InChI is InChI=1S/C26H30ClN5.2ClH/c27-18-9-10-22-25(14-18)32-24-8-4-2-6-21(24)26(22)30-12-11-29-16-19(28)13-17-15-31-23-7-3-1-5-20(17)23;;/h1,3,5,7,9-10,14-15,19,29,31H,2,4,6,8,11-13,16,28H2,(H,30,32);2*1H. The molecule has 5 rings (SSSR count). The van der Waals surface area contributed by atoms with Crippen molar-refractivity contribution in [2.75, 3.05) is 25.0 Å². The van der Waals surface area contributed by atoms with Gasteiger partial charge in [-0.25, -0.2) is 0 Å². The molecule has 2 heterocycles. The van der Waals surface area contributed by atoms with Crippen LogP contribution >= 0.6 is 36.4 Å². The summed E-state index contributed by atoms with van der Waals surface area (Å²) >= 11 is 6.23. The second-order valence-corrected chi connectivity index (χ2v) is 9.17. The predicted molar refractivity (Wildman–Crippen MR) is 149 cm³/mol. The number of pyridine rings is 1. The van der Waals surface area contributed by atoms with Gasteiger partial charge in [0.2, 0.25) is 0 Å². The largest absolute Gasteiger partial charge is 0.383 e.